The first-order chi connectivity index (χ1) is 3.81. The van der Waals surface area contributed by atoms with Gasteiger partial charge in [-0.1, -0.05) is 0 Å². The minimum atomic E-state index is 0.426. The fourth-order valence-corrected chi connectivity index (χ4v) is 0.339. The quantitative estimate of drug-likeness (QED) is 0.205. The lowest BCUT2D eigenvalue weighted by molar-refractivity contribution is 0.845. The van der Waals surface area contributed by atoms with E-state index in [0.717, 1.165) is 0 Å². The first kappa shape index (κ1) is 7.61. The highest BCUT2D eigenvalue weighted by Crippen LogP contribution is 1.57. The molecule has 0 radical (unpaired) electrons. The minimum absolute atomic E-state index is 0.426. The van der Waals surface area contributed by atoms with Crippen LogP contribution in [0, 0.1) is 0 Å². The molecule has 0 spiro atoms. The first-order valence-corrected chi connectivity index (χ1v) is 2.66. The maximum Gasteiger partial charge on any atom is 0.180 e. The van der Waals surface area contributed by atoms with Crippen LogP contribution in [0.4, 0.5) is 0 Å². The van der Waals surface area contributed by atoms with Crippen LogP contribution in [0.3, 0.4) is 0 Å². The molecular weight excluding hydrogens is 124 g/mol. The van der Waals surface area contributed by atoms with Crippen LogP contribution in [0.15, 0.2) is 0 Å². The van der Waals surface area contributed by atoms with Crippen molar-refractivity contribution in [2.45, 2.75) is 0 Å². The second kappa shape index (κ2) is 4.76. The lowest BCUT2D eigenvalue weighted by Crippen LogP contribution is -2.41. The van der Waals surface area contributed by atoms with E-state index in [-0.39, 0.29) is 0 Å². The van der Waals surface area contributed by atoms with Crippen LogP contribution in [0.25, 0.3) is 0 Å². The summed E-state index contributed by atoms with van der Waals surface area (Å²) in [5, 5.41) is 3.18. The lowest BCUT2D eigenvalue weighted by Gasteiger charge is -2.02. The van der Waals surface area contributed by atoms with Gasteiger partial charge in [-0.2, -0.15) is 0 Å². The highest BCUT2D eigenvalue weighted by Gasteiger charge is 1.84. The van der Waals surface area contributed by atoms with Gasteiger partial charge in [-0.25, -0.2) is 5.84 Å². The summed E-state index contributed by atoms with van der Waals surface area (Å²) in [6.07, 6.45) is 0. The molecule has 0 aromatic carbocycles. The van der Waals surface area contributed by atoms with E-state index in [1.807, 2.05) is 0 Å². The van der Waals surface area contributed by atoms with E-state index >= 15 is 0 Å². The topological polar surface area (TPSA) is 76.1 Å². The third-order valence-electron chi connectivity index (χ3n) is 0.561. The zero-order valence-corrected chi connectivity index (χ0v) is 5.29. The fraction of sp³-hybridized carbons (Fsp3) is 0.667. The van der Waals surface area contributed by atoms with Crippen molar-refractivity contribution in [3.63, 3.8) is 0 Å². The van der Waals surface area contributed by atoms with Crippen molar-refractivity contribution >= 4 is 17.3 Å². The summed E-state index contributed by atoms with van der Waals surface area (Å²) in [5.41, 5.74) is 7.41. The Kier molecular flexibility index (Phi) is 4.53. The van der Waals surface area contributed by atoms with Crippen LogP contribution < -0.4 is 22.3 Å². The van der Waals surface area contributed by atoms with E-state index in [2.05, 4.69) is 23.0 Å². The average Bonchev–Trinajstić information content (AvgIpc) is 1.83. The Labute approximate surface area is 53.6 Å². The number of nitrogens with one attached hydrogen (secondary N) is 2. The number of thiocarbonyl (C=S) groups is 1. The van der Waals surface area contributed by atoms with Crippen LogP contribution in [-0.4, -0.2) is 18.2 Å². The Hall–Kier alpha value is -0.390. The van der Waals surface area contributed by atoms with Gasteiger partial charge in [0.1, 0.15) is 0 Å². The Morgan fingerprint density at radius 3 is 2.62 bits per heavy atom. The summed E-state index contributed by atoms with van der Waals surface area (Å²) in [5.74, 6) is 4.92. The van der Waals surface area contributed by atoms with Gasteiger partial charge in [-0.3, -0.25) is 0 Å². The van der Waals surface area contributed by atoms with Crippen molar-refractivity contribution in [2.24, 2.45) is 11.6 Å². The Bertz CT molecular complexity index is 73.7. The zero-order chi connectivity index (χ0) is 6.41. The molecule has 48 valence electrons. The van der Waals surface area contributed by atoms with Crippen LogP contribution in [0.5, 0.6) is 0 Å². The van der Waals surface area contributed by atoms with E-state index in [1.54, 1.807) is 0 Å². The maximum atomic E-state index is 5.14. The van der Waals surface area contributed by atoms with Gasteiger partial charge in [0.05, 0.1) is 0 Å². The number of hydrogen-bond acceptors (Lipinski definition) is 3. The summed E-state index contributed by atoms with van der Waals surface area (Å²) < 4.78 is 0. The molecule has 0 bridgehead atoms. The molecule has 8 heavy (non-hydrogen) atoms. The first-order valence-electron chi connectivity index (χ1n) is 2.25. The lowest BCUT2D eigenvalue weighted by atomic mass is 10.6. The molecule has 0 unspecified atom stereocenters. The molecule has 5 heteroatoms. The Balaban J connectivity index is 2.99. The molecule has 0 saturated heterocycles. The minimum Gasteiger partial charge on any atom is -0.360 e. The molecule has 0 fully saturated rings. The second-order valence-corrected chi connectivity index (χ2v) is 1.60. The summed E-state index contributed by atoms with van der Waals surface area (Å²) in [4.78, 5) is 0. The summed E-state index contributed by atoms with van der Waals surface area (Å²) in [7, 11) is 0. The van der Waals surface area contributed by atoms with Gasteiger partial charge < -0.3 is 16.5 Å². The highest BCUT2D eigenvalue weighted by atomic mass is 32.1. The molecule has 4 nitrogen and oxygen atoms in total. The van der Waals surface area contributed by atoms with Gasteiger partial charge in [0.2, 0.25) is 0 Å². The van der Waals surface area contributed by atoms with Crippen LogP contribution in [0.2, 0.25) is 0 Å². The van der Waals surface area contributed by atoms with Gasteiger partial charge in [-0.15, -0.1) is 0 Å². The van der Waals surface area contributed by atoms with Crippen molar-refractivity contribution in [3.8, 4) is 0 Å². The van der Waals surface area contributed by atoms with Gasteiger partial charge in [-0.05, 0) is 12.2 Å². The predicted molar refractivity (Wildman–Crippen MR) is 37.0 cm³/mol. The molecule has 6 N–H and O–H groups in total. The molecule has 0 aliphatic carbocycles. The SMILES string of the molecule is NCCNC(=S)NN. The number of nitrogens with two attached hydrogens (primary N) is 2. The molecule has 0 atom stereocenters. The van der Waals surface area contributed by atoms with Gasteiger partial charge in [0.25, 0.3) is 0 Å². The van der Waals surface area contributed by atoms with Crippen molar-refractivity contribution in [1.82, 2.24) is 10.7 Å². The largest absolute Gasteiger partial charge is 0.360 e. The van der Waals surface area contributed by atoms with Crippen molar-refractivity contribution in [2.75, 3.05) is 13.1 Å². The standard InChI is InChI=1S/C3H10N4S/c4-1-2-6-3(8)7-5/h1-2,4-5H2,(H2,6,7,8). The van der Waals surface area contributed by atoms with Crippen molar-refractivity contribution in [3.05, 3.63) is 0 Å². The molecule has 0 aromatic heterocycles. The van der Waals surface area contributed by atoms with E-state index in [9.17, 15) is 0 Å². The molecular formula is C3H10N4S. The molecule has 0 amide bonds. The third-order valence-corrected chi connectivity index (χ3v) is 0.823. The van der Waals surface area contributed by atoms with E-state index in [0.29, 0.717) is 18.2 Å². The highest BCUT2D eigenvalue weighted by molar-refractivity contribution is 7.80. The third kappa shape index (κ3) is 3.79. The van der Waals surface area contributed by atoms with Crippen LogP contribution >= 0.6 is 12.2 Å². The maximum absolute atomic E-state index is 5.14. The number of hydrogen-bond donors (Lipinski definition) is 4. The normalized spacial score (nSPS) is 8.25. The molecule has 0 aromatic rings. The van der Waals surface area contributed by atoms with Crippen molar-refractivity contribution in [1.29, 1.82) is 0 Å². The Morgan fingerprint density at radius 1 is 1.62 bits per heavy atom. The molecule has 0 saturated carbocycles. The van der Waals surface area contributed by atoms with E-state index in [4.69, 9.17) is 11.6 Å². The smallest absolute Gasteiger partial charge is 0.180 e. The molecule has 0 aliphatic heterocycles. The van der Waals surface area contributed by atoms with Crippen LogP contribution in [0.1, 0.15) is 0 Å². The van der Waals surface area contributed by atoms with E-state index in [1.165, 1.54) is 0 Å². The summed E-state index contributed by atoms with van der Waals surface area (Å²) in [6, 6.07) is 0. The average molecular weight is 134 g/mol. The van der Waals surface area contributed by atoms with Gasteiger partial charge in [0.15, 0.2) is 5.11 Å². The fourth-order valence-electron chi connectivity index (χ4n) is 0.237. The Morgan fingerprint density at radius 2 is 2.25 bits per heavy atom. The molecule has 0 rings (SSSR count). The van der Waals surface area contributed by atoms with Gasteiger partial charge >= 0.3 is 0 Å². The van der Waals surface area contributed by atoms with Gasteiger partial charge in [0, 0.05) is 13.1 Å². The van der Waals surface area contributed by atoms with Crippen LogP contribution in [-0.2, 0) is 0 Å². The second-order valence-electron chi connectivity index (χ2n) is 1.19. The number of rotatable bonds is 2. The number of hydrazine groups is 1. The molecule has 0 aliphatic rings. The summed E-state index contributed by atoms with van der Waals surface area (Å²) >= 11 is 4.62. The summed E-state index contributed by atoms with van der Waals surface area (Å²) in [6.45, 7) is 1.21. The molecule has 0 heterocycles. The predicted octanol–water partition coefficient (Wildman–Crippen LogP) is -1.72. The zero-order valence-electron chi connectivity index (χ0n) is 4.48. The van der Waals surface area contributed by atoms with Crippen molar-refractivity contribution < 1.29 is 0 Å². The van der Waals surface area contributed by atoms with E-state index < -0.39 is 0 Å². The monoisotopic (exact) mass is 134 g/mol.